The Morgan fingerprint density at radius 2 is 1.55 bits per heavy atom. The van der Waals surface area contributed by atoms with Gasteiger partial charge in [-0.25, -0.2) is 9.97 Å². The summed E-state index contributed by atoms with van der Waals surface area (Å²) in [5, 5.41) is 19.0. The largest absolute Gasteiger partial charge is 0.353 e. The molecule has 0 saturated heterocycles. The minimum atomic E-state index is -0.563. The van der Waals surface area contributed by atoms with Crippen molar-refractivity contribution < 1.29 is 4.92 Å². The summed E-state index contributed by atoms with van der Waals surface area (Å²) in [4.78, 5) is 23.6. The molecule has 10 heteroatoms. The van der Waals surface area contributed by atoms with E-state index >= 15 is 0 Å². The number of nitro groups is 1. The monoisotopic (exact) mass is 426 g/mol. The topological polar surface area (TPSA) is 106 Å². The number of aromatic nitrogens is 3. The van der Waals surface area contributed by atoms with Crippen LogP contribution in [-0.2, 0) is 0 Å². The number of rotatable bonds is 5. The van der Waals surface area contributed by atoms with Crippen molar-refractivity contribution in [3.63, 3.8) is 0 Å². The molecule has 2 aromatic heterocycles. The number of anilines is 4. The molecule has 4 aromatic rings. The quantitative estimate of drug-likeness (QED) is 0.310. The van der Waals surface area contributed by atoms with Crippen LogP contribution in [0.5, 0.6) is 0 Å². The first-order valence-electron chi connectivity index (χ1n) is 8.36. The van der Waals surface area contributed by atoms with Crippen LogP contribution in [0.1, 0.15) is 0 Å². The van der Waals surface area contributed by atoms with Gasteiger partial charge in [-0.1, -0.05) is 35.3 Å². The number of halogens is 2. The van der Waals surface area contributed by atoms with Gasteiger partial charge in [-0.15, -0.1) is 0 Å². The highest BCUT2D eigenvalue weighted by Gasteiger charge is 2.24. The molecule has 0 amide bonds. The van der Waals surface area contributed by atoms with Crippen molar-refractivity contribution in [3.8, 4) is 0 Å². The molecule has 0 bridgehead atoms. The molecule has 0 aliphatic rings. The Labute approximate surface area is 174 Å². The van der Waals surface area contributed by atoms with Crippen molar-refractivity contribution >= 4 is 62.8 Å². The highest BCUT2D eigenvalue weighted by molar-refractivity contribution is 6.43. The van der Waals surface area contributed by atoms with Gasteiger partial charge in [0.05, 0.1) is 26.2 Å². The number of nitrogens with zero attached hydrogens (tertiary/aromatic N) is 4. The van der Waals surface area contributed by atoms with Gasteiger partial charge < -0.3 is 10.6 Å². The molecular weight excluding hydrogens is 415 g/mol. The van der Waals surface area contributed by atoms with Crippen LogP contribution in [0.4, 0.5) is 28.7 Å². The average molecular weight is 427 g/mol. The number of fused-ring (bicyclic) bond motifs is 1. The molecule has 29 heavy (non-hydrogen) atoms. The van der Waals surface area contributed by atoms with E-state index in [4.69, 9.17) is 23.2 Å². The third-order valence-corrected chi connectivity index (χ3v) is 4.93. The first kappa shape index (κ1) is 18.9. The Morgan fingerprint density at radius 1 is 0.862 bits per heavy atom. The third-order valence-electron chi connectivity index (χ3n) is 4.11. The maximum Gasteiger partial charge on any atom is 0.353 e. The van der Waals surface area contributed by atoms with Crippen LogP contribution in [0, 0.1) is 10.1 Å². The maximum atomic E-state index is 11.8. The van der Waals surface area contributed by atoms with E-state index in [0.717, 1.165) is 10.9 Å². The predicted molar refractivity (Wildman–Crippen MR) is 113 cm³/mol. The van der Waals surface area contributed by atoms with Gasteiger partial charge in [0.15, 0.2) is 0 Å². The molecule has 0 unspecified atom stereocenters. The standard InChI is InChI=1S/C19H12Cl2N6O2/c20-12-5-1-8-15(16(12)21)26-19-17(27(28)29)18(23-10-24-19)25-14-7-2-6-13-11(14)4-3-9-22-13/h1-10H,(H2,23,24,25,26). The van der Waals surface area contributed by atoms with E-state index in [1.165, 1.54) is 6.33 Å². The number of benzene rings is 2. The lowest BCUT2D eigenvalue weighted by Crippen LogP contribution is -2.06. The van der Waals surface area contributed by atoms with Gasteiger partial charge in [0.2, 0.25) is 11.6 Å². The van der Waals surface area contributed by atoms with Crippen LogP contribution in [0.3, 0.4) is 0 Å². The Hall–Kier alpha value is -3.49. The maximum absolute atomic E-state index is 11.8. The fourth-order valence-electron chi connectivity index (χ4n) is 2.80. The number of nitrogens with one attached hydrogen (secondary N) is 2. The molecule has 0 saturated carbocycles. The second-order valence-electron chi connectivity index (χ2n) is 5.90. The summed E-state index contributed by atoms with van der Waals surface area (Å²) < 4.78 is 0. The predicted octanol–water partition coefficient (Wildman–Crippen LogP) is 5.73. The molecule has 0 radical (unpaired) electrons. The number of hydrogen-bond acceptors (Lipinski definition) is 7. The number of pyridine rings is 1. The van der Waals surface area contributed by atoms with E-state index in [2.05, 4.69) is 25.6 Å². The van der Waals surface area contributed by atoms with Gasteiger partial charge in [0, 0.05) is 17.3 Å². The van der Waals surface area contributed by atoms with Gasteiger partial charge >= 0.3 is 5.69 Å². The van der Waals surface area contributed by atoms with Crippen molar-refractivity contribution in [2.45, 2.75) is 0 Å². The SMILES string of the molecule is O=[N+]([O-])c1c(Nc2cccc(Cl)c2Cl)ncnc1Nc1cccc2ncccc12. The van der Waals surface area contributed by atoms with E-state index < -0.39 is 4.92 Å². The van der Waals surface area contributed by atoms with Crippen molar-refractivity contribution in [1.29, 1.82) is 0 Å². The molecule has 0 aliphatic carbocycles. The summed E-state index contributed by atoms with van der Waals surface area (Å²) in [7, 11) is 0. The van der Waals surface area contributed by atoms with Gasteiger partial charge in [0.25, 0.3) is 0 Å². The second kappa shape index (κ2) is 7.86. The van der Waals surface area contributed by atoms with Gasteiger partial charge in [-0.05, 0) is 36.4 Å². The Bertz CT molecular complexity index is 1230. The Morgan fingerprint density at radius 3 is 2.31 bits per heavy atom. The van der Waals surface area contributed by atoms with Crippen molar-refractivity contribution in [2.24, 2.45) is 0 Å². The molecule has 0 fully saturated rings. The molecule has 2 aromatic carbocycles. The molecule has 4 rings (SSSR count). The van der Waals surface area contributed by atoms with Crippen LogP contribution in [0.25, 0.3) is 10.9 Å². The fourth-order valence-corrected chi connectivity index (χ4v) is 3.15. The molecule has 8 nitrogen and oxygen atoms in total. The lowest BCUT2D eigenvalue weighted by molar-refractivity contribution is -0.383. The fraction of sp³-hybridized carbons (Fsp3) is 0. The van der Waals surface area contributed by atoms with Crippen molar-refractivity contribution in [1.82, 2.24) is 15.0 Å². The van der Waals surface area contributed by atoms with Gasteiger partial charge in [-0.3, -0.25) is 15.1 Å². The van der Waals surface area contributed by atoms with Crippen LogP contribution >= 0.6 is 23.2 Å². The second-order valence-corrected chi connectivity index (χ2v) is 6.69. The zero-order chi connectivity index (χ0) is 20.4. The van der Waals surface area contributed by atoms with E-state index in [-0.39, 0.29) is 22.3 Å². The highest BCUT2D eigenvalue weighted by atomic mass is 35.5. The summed E-state index contributed by atoms with van der Waals surface area (Å²) in [5.74, 6) is 0.0111. The van der Waals surface area contributed by atoms with E-state index in [0.29, 0.717) is 16.4 Å². The normalized spacial score (nSPS) is 10.7. The van der Waals surface area contributed by atoms with Gasteiger partial charge in [0.1, 0.15) is 6.33 Å². The zero-order valence-electron chi connectivity index (χ0n) is 14.6. The molecule has 2 N–H and O–H groups in total. The van der Waals surface area contributed by atoms with Crippen molar-refractivity contribution in [3.05, 3.63) is 81.2 Å². The van der Waals surface area contributed by atoms with Crippen LogP contribution in [-0.4, -0.2) is 19.9 Å². The van der Waals surface area contributed by atoms with Crippen LogP contribution < -0.4 is 10.6 Å². The average Bonchev–Trinajstić information content (AvgIpc) is 2.72. The molecule has 0 spiro atoms. The first-order valence-corrected chi connectivity index (χ1v) is 9.11. The Kier molecular flexibility index (Phi) is 5.11. The molecule has 0 aliphatic heterocycles. The smallest absolute Gasteiger partial charge is 0.334 e. The first-order chi connectivity index (χ1) is 14.0. The summed E-state index contributed by atoms with van der Waals surface area (Å²) in [6.07, 6.45) is 2.90. The summed E-state index contributed by atoms with van der Waals surface area (Å²) >= 11 is 12.2. The highest BCUT2D eigenvalue weighted by Crippen LogP contribution is 2.37. The van der Waals surface area contributed by atoms with Gasteiger partial charge in [-0.2, -0.15) is 0 Å². The van der Waals surface area contributed by atoms with E-state index in [9.17, 15) is 10.1 Å². The Balaban J connectivity index is 1.77. The van der Waals surface area contributed by atoms with E-state index in [1.807, 2.05) is 12.1 Å². The summed E-state index contributed by atoms with van der Waals surface area (Å²) in [6, 6.07) is 14.0. The molecule has 144 valence electrons. The molecule has 2 heterocycles. The minimum absolute atomic E-state index is 0.0185. The third kappa shape index (κ3) is 3.75. The lowest BCUT2D eigenvalue weighted by Gasteiger charge is -2.12. The summed E-state index contributed by atoms with van der Waals surface area (Å²) in [5.41, 5.74) is 1.44. The lowest BCUT2D eigenvalue weighted by atomic mass is 10.2. The van der Waals surface area contributed by atoms with Crippen molar-refractivity contribution in [2.75, 3.05) is 10.6 Å². The zero-order valence-corrected chi connectivity index (χ0v) is 16.1. The van der Waals surface area contributed by atoms with Crippen LogP contribution in [0.2, 0.25) is 10.0 Å². The molecule has 0 atom stereocenters. The number of hydrogen-bond donors (Lipinski definition) is 2. The van der Waals surface area contributed by atoms with E-state index in [1.54, 1.807) is 42.6 Å². The minimum Gasteiger partial charge on any atom is -0.334 e. The van der Waals surface area contributed by atoms with Crippen LogP contribution in [0.15, 0.2) is 61.1 Å². The molecular formula is C19H12Cl2N6O2. The summed E-state index contributed by atoms with van der Waals surface area (Å²) in [6.45, 7) is 0.